The van der Waals surface area contributed by atoms with E-state index in [9.17, 15) is 4.79 Å². The number of nitrogens with zero attached hydrogens (tertiary/aromatic N) is 2. The molecule has 1 fully saturated rings. The molecule has 1 aliphatic rings. The van der Waals surface area contributed by atoms with Crippen LogP contribution in [0.5, 0.6) is 0 Å². The zero-order valence-electron chi connectivity index (χ0n) is 13.2. The molecule has 122 valence electrons. The molecule has 0 aliphatic carbocycles. The summed E-state index contributed by atoms with van der Waals surface area (Å²) in [6.07, 6.45) is 7.18. The number of carbonyl (C=O) groups is 1. The molecule has 1 atom stereocenters. The molecule has 0 radical (unpaired) electrons. The van der Waals surface area contributed by atoms with Gasteiger partial charge in [0.1, 0.15) is 0 Å². The monoisotopic (exact) mass is 330 g/mol. The van der Waals surface area contributed by atoms with Crippen molar-refractivity contribution in [2.75, 3.05) is 13.2 Å². The van der Waals surface area contributed by atoms with Gasteiger partial charge in [-0.05, 0) is 53.3 Å². The van der Waals surface area contributed by atoms with Crippen LogP contribution in [0.15, 0.2) is 41.4 Å². The maximum absolute atomic E-state index is 12.7. The molecule has 0 aromatic carbocycles. The van der Waals surface area contributed by atoms with Crippen molar-refractivity contribution in [3.63, 3.8) is 0 Å². The van der Waals surface area contributed by atoms with Gasteiger partial charge >= 0.3 is 0 Å². The molecule has 0 bridgehead atoms. The van der Waals surface area contributed by atoms with E-state index >= 15 is 0 Å². The molecule has 0 N–H and O–H groups in total. The Labute approximate surface area is 141 Å². The fraction of sp³-hybridized carbons (Fsp3) is 0.444. The van der Waals surface area contributed by atoms with Crippen LogP contribution in [0, 0.1) is 0 Å². The standard InChI is InChI=1S/C18H22N2O2S/c21-18(6-5-15-3-1-8-19-11-15)20(12-16-7-10-23-14-16)13-17-4-2-9-22-17/h1,3,7-8,10-11,14,17H,2,4-6,9,12-13H2/t17-/m1/s1. The van der Waals surface area contributed by atoms with E-state index in [1.165, 1.54) is 5.56 Å². The Balaban J connectivity index is 1.59. The second-order valence-electron chi connectivity index (χ2n) is 5.90. The van der Waals surface area contributed by atoms with Gasteiger partial charge in [-0.3, -0.25) is 9.78 Å². The molecule has 0 saturated carbocycles. The highest BCUT2D eigenvalue weighted by molar-refractivity contribution is 7.07. The molecule has 0 spiro atoms. The first-order valence-electron chi connectivity index (χ1n) is 8.10. The lowest BCUT2D eigenvalue weighted by molar-refractivity contribution is -0.133. The molecule has 1 aliphatic heterocycles. The van der Waals surface area contributed by atoms with E-state index in [1.54, 1.807) is 17.5 Å². The first-order chi connectivity index (χ1) is 11.3. The van der Waals surface area contributed by atoms with Gasteiger partial charge in [-0.25, -0.2) is 0 Å². The first-order valence-corrected chi connectivity index (χ1v) is 9.05. The van der Waals surface area contributed by atoms with Gasteiger partial charge in [0.05, 0.1) is 6.10 Å². The van der Waals surface area contributed by atoms with Crippen LogP contribution in [0.1, 0.15) is 30.4 Å². The van der Waals surface area contributed by atoms with E-state index in [0.29, 0.717) is 19.5 Å². The number of ether oxygens (including phenoxy) is 1. The number of rotatable bonds is 7. The highest BCUT2D eigenvalue weighted by Gasteiger charge is 2.22. The maximum Gasteiger partial charge on any atom is 0.223 e. The van der Waals surface area contributed by atoms with Crippen LogP contribution in [0.25, 0.3) is 0 Å². The van der Waals surface area contributed by atoms with Crippen molar-refractivity contribution in [1.82, 2.24) is 9.88 Å². The summed E-state index contributed by atoms with van der Waals surface area (Å²) in [6.45, 7) is 2.19. The second-order valence-corrected chi connectivity index (χ2v) is 6.68. The predicted molar refractivity (Wildman–Crippen MR) is 91.3 cm³/mol. The quantitative estimate of drug-likeness (QED) is 0.782. The van der Waals surface area contributed by atoms with Crippen molar-refractivity contribution < 1.29 is 9.53 Å². The van der Waals surface area contributed by atoms with Crippen molar-refractivity contribution in [2.24, 2.45) is 0 Å². The molecule has 2 aromatic rings. The van der Waals surface area contributed by atoms with E-state index in [4.69, 9.17) is 4.74 Å². The fourth-order valence-corrected chi connectivity index (χ4v) is 3.51. The number of aromatic nitrogens is 1. The number of carbonyl (C=O) groups excluding carboxylic acids is 1. The van der Waals surface area contributed by atoms with Gasteiger partial charge in [0.25, 0.3) is 0 Å². The van der Waals surface area contributed by atoms with Gasteiger partial charge in [-0.2, -0.15) is 11.3 Å². The Hall–Kier alpha value is -1.72. The Bertz CT molecular complexity index is 595. The average Bonchev–Trinajstić information content (AvgIpc) is 3.27. The Morgan fingerprint density at radius 3 is 3.04 bits per heavy atom. The van der Waals surface area contributed by atoms with E-state index in [0.717, 1.165) is 31.4 Å². The van der Waals surface area contributed by atoms with Crippen LogP contribution in [0.2, 0.25) is 0 Å². The number of hydrogen-bond acceptors (Lipinski definition) is 4. The largest absolute Gasteiger partial charge is 0.376 e. The number of hydrogen-bond donors (Lipinski definition) is 0. The minimum atomic E-state index is 0.190. The first kappa shape index (κ1) is 16.1. The number of pyridine rings is 1. The van der Waals surface area contributed by atoms with Crippen LogP contribution < -0.4 is 0 Å². The number of thiophene rings is 1. The molecule has 5 heteroatoms. The van der Waals surface area contributed by atoms with Crippen LogP contribution in [-0.4, -0.2) is 35.0 Å². The zero-order chi connectivity index (χ0) is 15.9. The van der Waals surface area contributed by atoms with Crippen LogP contribution >= 0.6 is 11.3 Å². The Morgan fingerprint density at radius 1 is 1.39 bits per heavy atom. The summed E-state index contributed by atoms with van der Waals surface area (Å²) in [4.78, 5) is 18.7. The van der Waals surface area contributed by atoms with Crippen LogP contribution in [-0.2, 0) is 22.5 Å². The normalized spacial score (nSPS) is 17.3. The van der Waals surface area contributed by atoms with Crippen molar-refractivity contribution in [1.29, 1.82) is 0 Å². The van der Waals surface area contributed by atoms with Gasteiger partial charge < -0.3 is 9.64 Å². The van der Waals surface area contributed by atoms with Gasteiger partial charge in [0.15, 0.2) is 0 Å². The van der Waals surface area contributed by atoms with E-state index in [2.05, 4.69) is 21.8 Å². The van der Waals surface area contributed by atoms with Gasteiger partial charge in [-0.1, -0.05) is 6.07 Å². The third-order valence-electron chi connectivity index (χ3n) is 4.10. The molecule has 4 nitrogen and oxygen atoms in total. The summed E-state index contributed by atoms with van der Waals surface area (Å²) in [7, 11) is 0. The SMILES string of the molecule is O=C(CCc1cccnc1)N(Cc1ccsc1)C[C@H]1CCCO1. The molecule has 0 unspecified atom stereocenters. The van der Waals surface area contributed by atoms with Crippen molar-refractivity contribution in [2.45, 2.75) is 38.3 Å². The van der Waals surface area contributed by atoms with Gasteiger partial charge in [-0.15, -0.1) is 0 Å². The molecule has 23 heavy (non-hydrogen) atoms. The van der Waals surface area contributed by atoms with E-state index in [1.807, 2.05) is 23.2 Å². The third kappa shape index (κ3) is 4.88. The molecule has 1 amide bonds. The molecule has 1 saturated heterocycles. The highest BCUT2D eigenvalue weighted by atomic mass is 32.1. The smallest absolute Gasteiger partial charge is 0.223 e. The van der Waals surface area contributed by atoms with E-state index < -0.39 is 0 Å². The zero-order valence-corrected chi connectivity index (χ0v) is 14.0. The summed E-state index contributed by atoms with van der Waals surface area (Å²) >= 11 is 1.67. The Morgan fingerprint density at radius 2 is 2.35 bits per heavy atom. The molecule has 3 rings (SSSR count). The molecular weight excluding hydrogens is 308 g/mol. The highest BCUT2D eigenvalue weighted by Crippen LogP contribution is 2.17. The fourth-order valence-electron chi connectivity index (χ4n) is 2.85. The molecular formula is C18H22N2O2S. The second kappa shape index (κ2) is 8.22. The van der Waals surface area contributed by atoms with Crippen molar-refractivity contribution in [3.05, 3.63) is 52.5 Å². The number of amides is 1. The van der Waals surface area contributed by atoms with Crippen molar-refractivity contribution in [3.8, 4) is 0 Å². The molecule has 3 heterocycles. The summed E-state index contributed by atoms with van der Waals surface area (Å²) in [5, 5.41) is 4.16. The third-order valence-corrected chi connectivity index (χ3v) is 4.84. The summed E-state index contributed by atoms with van der Waals surface area (Å²) in [5.41, 5.74) is 2.30. The van der Waals surface area contributed by atoms with Gasteiger partial charge in [0, 0.05) is 38.5 Å². The Kier molecular flexibility index (Phi) is 5.77. The summed E-state index contributed by atoms with van der Waals surface area (Å²) in [5.74, 6) is 0.190. The topological polar surface area (TPSA) is 42.4 Å². The number of aryl methyl sites for hydroxylation is 1. The lowest BCUT2D eigenvalue weighted by Crippen LogP contribution is -2.37. The molecule has 2 aromatic heterocycles. The van der Waals surface area contributed by atoms with Crippen LogP contribution in [0.4, 0.5) is 0 Å². The minimum Gasteiger partial charge on any atom is -0.376 e. The predicted octanol–water partition coefficient (Wildman–Crippen LogP) is 3.28. The van der Waals surface area contributed by atoms with E-state index in [-0.39, 0.29) is 12.0 Å². The van der Waals surface area contributed by atoms with Crippen LogP contribution in [0.3, 0.4) is 0 Å². The van der Waals surface area contributed by atoms with Crippen molar-refractivity contribution >= 4 is 17.2 Å². The van der Waals surface area contributed by atoms with Gasteiger partial charge in [0.2, 0.25) is 5.91 Å². The lowest BCUT2D eigenvalue weighted by atomic mass is 10.1. The average molecular weight is 330 g/mol. The summed E-state index contributed by atoms with van der Waals surface area (Å²) < 4.78 is 5.71. The maximum atomic E-state index is 12.7. The summed E-state index contributed by atoms with van der Waals surface area (Å²) in [6, 6.07) is 6.01. The lowest BCUT2D eigenvalue weighted by Gasteiger charge is -2.25. The minimum absolute atomic E-state index is 0.190.